The van der Waals surface area contributed by atoms with E-state index in [0.29, 0.717) is 5.88 Å². The Morgan fingerprint density at radius 2 is 2.00 bits per heavy atom. The Morgan fingerprint density at radius 1 is 1.08 bits per heavy atom. The molecule has 0 radical (unpaired) electrons. The van der Waals surface area contributed by atoms with Gasteiger partial charge in [-0.05, 0) is 31.5 Å². The molecule has 0 spiro atoms. The lowest BCUT2D eigenvalue weighted by Gasteiger charge is -2.09. The topological polar surface area (TPSA) is 72.8 Å². The predicted molar refractivity (Wildman–Crippen MR) is 93.0 cm³/mol. The molecule has 0 unspecified atom stereocenters. The first-order chi connectivity index (χ1) is 11.8. The average Bonchev–Trinajstić information content (AvgIpc) is 2.63. The van der Waals surface area contributed by atoms with E-state index in [1.165, 1.54) is 0 Å². The van der Waals surface area contributed by atoms with Gasteiger partial charge < -0.3 is 10.1 Å². The third-order valence-electron chi connectivity index (χ3n) is 3.62. The minimum atomic E-state index is 0.661. The van der Waals surface area contributed by atoms with Crippen LogP contribution in [0, 0.1) is 6.92 Å². The summed E-state index contributed by atoms with van der Waals surface area (Å²) in [7, 11) is 1.63. The Labute approximate surface area is 141 Å². The van der Waals surface area contributed by atoms with Gasteiger partial charge in [0.1, 0.15) is 12.1 Å². The normalized spacial score (nSPS) is 10.4. The number of pyridine rings is 2. The number of aryl methyl sites for hydroxylation is 1. The predicted octanol–water partition coefficient (Wildman–Crippen LogP) is 2.91. The summed E-state index contributed by atoms with van der Waals surface area (Å²) < 4.78 is 5.26. The van der Waals surface area contributed by atoms with Crippen molar-refractivity contribution in [3.8, 4) is 17.1 Å². The molecule has 0 atom stereocenters. The van der Waals surface area contributed by atoms with Crippen molar-refractivity contribution in [2.45, 2.75) is 13.3 Å². The van der Waals surface area contributed by atoms with Crippen LogP contribution in [-0.4, -0.2) is 33.6 Å². The van der Waals surface area contributed by atoms with Crippen molar-refractivity contribution in [2.24, 2.45) is 0 Å². The maximum Gasteiger partial charge on any atom is 0.216 e. The van der Waals surface area contributed by atoms with Crippen molar-refractivity contribution in [2.75, 3.05) is 19.0 Å². The molecular weight excluding hydrogens is 302 g/mol. The smallest absolute Gasteiger partial charge is 0.216 e. The summed E-state index contributed by atoms with van der Waals surface area (Å²) in [6.45, 7) is 2.69. The van der Waals surface area contributed by atoms with Crippen LogP contribution in [0.3, 0.4) is 0 Å². The van der Waals surface area contributed by atoms with Crippen LogP contribution in [0.2, 0.25) is 0 Å². The van der Waals surface area contributed by atoms with E-state index in [9.17, 15) is 0 Å². The quantitative estimate of drug-likeness (QED) is 0.752. The number of hydrogen-bond acceptors (Lipinski definition) is 6. The van der Waals surface area contributed by atoms with E-state index in [2.05, 4.69) is 25.3 Å². The van der Waals surface area contributed by atoms with Crippen LogP contribution in [0.25, 0.3) is 11.3 Å². The Hall–Kier alpha value is -3.02. The number of anilines is 1. The molecule has 0 aliphatic heterocycles. The Morgan fingerprint density at radius 3 is 2.79 bits per heavy atom. The number of nitrogens with one attached hydrogen (secondary N) is 1. The summed E-state index contributed by atoms with van der Waals surface area (Å²) >= 11 is 0. The number of rotatable bonds is 6. The van der Waals surface area contributed by atoms with E-state index in [1.54, 1.807) is 19.6 Å². The standard InChI is InChI=1S/C18H19N5O/c1-13-5-6-15(11-21-13)16-10-17(23-12-22-16)19-9-7-14-4-3-8-20-18(14)24-2/h3-6,8,10-12H,7,9H2,1-2H3,(H,19,22,23). The highest BCUT2D eigenvalue weighted by atomic mass is 16.5. The average molecular weight is 321 g/mol. The first-order valence-electron chi connectivity index (χ1n) is 7.73. The molecule has 6 heteroatoms. The van der Waals surface area contributed by atoms with Gasteiger partial charge >= 0.3 is 0 Å². The van der Waals surface area contributed by atoms with Crippen molar-refractivity contribution < 1.29 is 4.74 Å². The Bertz CT molecular complexity index is 805. The van der Waals surface area contributed by atoms with Crippen molar-refractivity contribution in [3.05, 3.63) is 60.3 Å². The van der Waals surface area contributed by atoms with E-state index in [1.807, 2.05) is 43.5 Å². The van der Waals surface area contributed by atoms with Gasteiger partial charge in [-0.2, -0.15) is 0 Å². The number of ether oxygens (including phenoxy) is 1. The highest BCUT2D eigenvalue weighted by molar-refractivity contribution is 5.61. The van der Waals surface area contributed by atoms with Crippen molar-refractivity contribution in [1.82, 2.24) is 19.9 Å². The third-order valence-corrected chi connectivity index (χ3v) is 3.62. The number of methoxy groups -OCH3 is 1. The molecule has 3 heterocycles. The molecule has 0 saturated heterocycles. The minimum absolute atomic E-state index is 0.661. The van der Waals surface area contributed by atoms with Gasteiger partial charge in [0, 0.05) is 41.8 Å². The SMILES string of the molecule is COc1ncccc1CCNc1cc(-c2ccc(C)nc2)ncn1. The third kappa shape index (κ3) is 3.84. The van der Waals surface area contributed by atoms with Gasteiger partial charge in [-0.1, -0.05) is 6.07 Å². The van der Waals surface area contributed by atoms with Crippen molar-refractivity contribution in [3.63, 3.8) is 0 Å². The van der Waals surface area contributed by atoms with Gasteiger partial charge in [0.25, 0.3) is 0 Å². The molecule has 3 rings (SSSR count). The molecule has 1 N–H and O–H groups in total. The summed E-state index contributed by atoms with van der Waals surface area (Å²) in [5.41, 5.74) is 3.86. The Kier molecular flexibility index (Phi) is 4.96. The van der Waals surface area contributed by atoms with E-state index in [4.69, 9.17) is 4.74 Å². The largest absolute Gasteiger partial charge is 0.481 e. The van der Waals surface area contributed by atoms with E-state index in [-0.39, 0.29) is 0 Å². The monoisotopic (exact) mass is 321 g/mol. The van der Waals surface area contributed by atoms with Crippen LogP contribution < -0.4 is 10.1 Å². The summed E-state index contributed by atoms with van der Waals surface area (Å²) in [6.07, 6.45) is 5.90. The van der Waals surface area contributed by atoms with E-state index in [0.717, 1.165) is 41.3 Å². The summed E-state index contributed by atoms with van der Waals surface area (Å²) in [6, 6.07) is 9.82. The molecule has 122 valence electrons. The minimum Gasteiger partial charge on any atom is -0.481 e. The molecule has 6 nitrogen and oxygen atoms in total. The molecule has 0 aliphatic carbocycles. The number of hydrogen-bond donors (Lipinski definition) is 1. The zero-order valence-electron chi connectivity index (χ0n) is 13.7. The molecule has 3 aromatic heterocycles. The second-order valence-corrected chi connectivity index (χ2v) is 5.33. The zero-order chi connectivity index (χ0) is 16.8. The molecule has 3 aromatic rings. The zero-order valence-corrected chi connectivity index (χ0v) is 13.7. The molecule has 0 saturated carbocycles. The molecule has 24 heavy (non-hydrogen) atoms. The van der Waals surface area contributed by atoms with Crippen molar-refractivity contribution in [1.29, 1.82) is 0 Å². The van der Waals surface area contributed by atoms with E-state index >= 15 is 0 Å². The van der Waals surface area contributed by atoms with Gasteiger partial charge in [0.15, 0.2) is 0 Å². The first-order valence-corrected chi connectivity index (χ1v) is 7.73. The number of aromatic nitrogens is 4. The van der Waals surface area contributed by atoms with E-state index < -0.39 is 0 Å². The Balaban J connectivity index is 1.66. The molecule has 0 bridgehead atoms. The number of nitrogens with zero attached hydrogens (tertiary/aromatic N) is 4. The molecule has 0 amide bonds. The molecular formula is C18H19N5O. The van der Waals surface area contributed by atoms with Crippen LogP contribution in [-0.2, 0) is 6.42 Å². The van der Waals surface area contributed by atoms with Gasteiger partial charge in [-0.3, -0.25) is 4.98 Å². The maximum atomic E-state index is 5.26. The van der Waals surface area contributed by atoms with Gasteiger partial charge in [0.05, 0.1) is 12.8 Å². The molecule has 0 aromatic carbocycles. The summed E-state index contributed by atoms with van der Waals surface area (Å²) in [4.78, 5) is 17.1. The van der Waals surface area contributed by atoms with Gasteiger partial charge in [-0.25, -0.2) is 15.0 Å². The van der Waals surface area contributed by atoms with Gasteiger partial charge in [-0.15, -0.1) is 0 Å². The fourth-order valence-electron chi connectivity index (χ4n) is 2.35. The lowest BCUT2D eigenvalue weighted by atomic mass is 10.2. The molecule has 0 fully saturated rings. The van der Waals surface area contributed by atoms with Crippen LogP contribution >= 0.6 is 0 Å². The highest BCUT2D eigenvalue weighted by Gasteiger charge is 2.05. The van der Waals surface area contributed by atoms with Crippen LogP contribution in [0.1, 0.15) is 11.3 Å². The highest BCUT2D eigenvalue weighted by Crippen LogP contribution is 2.18. The first kappa shape index (κ1) is 15.9. The molecule has 0 aliphatic rings. The second kappa shape index (κ2) is 7.50. The second-order valence-electron chi connectivity index (χ2n) is 5.33. The van der Waals surface area contributed by atoms with Gasteiger partial charge in [0.2, 0.25) is 5.88 Å². The van der Waals surface area contributed by atoms with Crippen LogP contribution in [0.5, 0.6) is 5.88 Å². The lowest BCUT2D eigenvalue weighted by molar-refractivity contribution is 0.392. The summed E-state index contributed by atoms with van der Waals surface area (Å²) in [5.74, 6) is 1.44. The fourth-order valence-corrected chi connectivity index (χ4v) is 2.35. The van der Waals surface area contributed by atoms with Crippen LogP contribution in [0.15, 0.2) is 49.1 Å². The lowest BCUT2D eigenvalue weighted by Crippen LogP contribution is -2.08. The maximum absolute atomic E-state index is 5.26. The fraction of sp³-hybridized carbons (Fsp3) is 0.222. The van der Waals surface area contributed by atoms with Crippen LogP contribution in [0.4, 0.5) is 5.82 Å². The summed E-state index contributed by atoms with van der Waals surface area (Å²) in [5, 5.41) is 3.31. The van der Waals surface area contributed by atoms with Crippen molar-refractivity contribution >= 4 is 5.82 Å².